The lowest BCUT2D eigenvalue weighted by Crippen LogP contribution is -2.25. The monoisotopic (exact) mass is 419 g/mol. The lowest BCUT2D eigenvalue weighted by atomic mass is 10.2. The van der Waals surface area contributed by atoms with Crippen LogP contribution in [0.3, 0.4) is 0 Å². The highest BCUT2D eigenvalue weighted by Gasteiger charge is 2.26. The van der Waals surface area contributed by atoms with Gasteiger partial charge < -0.3 is 14.2 Å². The molecule has 2 aromatic carbocycles. The van der Waals surface area contributed by atoms with Crippen molar-refractivity contribution in [1.82, 2.24) is 14.6 Å². The van der Waals surface area contributed by atoms with Crippen LogP contribution in [0.5, 0.6) is 17.2 Å². The average molecular weight is 419 g/mol. The molecular weight excluding hydrogens is 402 g/mol. The molecule has 1 aliphatic rings. The summed E-state index contributed by atoms with van der Waals surface area (Å²) < 4.78 is 18.8. The molecule has 0 unspecified atom stereocenters. The minimum Gasteiger partial charge on any atom is -0.496 e. The minimum absolute atomic E-state index is 0.212. The van der Waals surface area contributed by atoms with Crippen molar-refractivity contribution in [2.75, 3.05) is 13.7 Å². The van der Waals surface area contributed by atoms with Crippen molar-refractivity contribution in [2.45, 2.75) is 6.10 Å². The van der Waals surface area contributed by atoms with Crippen molar-refractivity contribution in [1.29, 1.82) is 0 Å². The van der Waals surface area contributed by atoms with Gasteiger partial charge in [-0.05, 0) is 24.3 Å². The van der Waals surface area contributed by atoms with E-state index in [1.165, 1.54) is 15.9 Å². The van der Waals surface area contributed by atoms with E-state index in [0.717, 1.165) is 11.3 Å². The molecule has 4 aromatic rings. The highest BCUT2D eigenvalue weighted by molar-refractivity contribution is 7.15. The maximum Gasteiger partial charge on any atom is 0.291 e. The Morgan fingerprint density at radius 2 is 1.97 bits per heavy atom. The number of para-hydroxylation sites is 3. The third-order valence-electron chi connectivity index (χ3n) is 4.66. The van der Waals surface area contributed by atoms with Crippen LogP contribution in [0.4, 0.5) is 0 Å². The molecule has 0 aliphatic carbocycles. The highest BCUT2D eigenvalue weighted by Crippen LogP contribution is 2.35. The summed E-state index contributed by atoms with van der Waals surface area (Å²) >= 11 is 1.28. The number of methoxy groups -OCH3 is 1. The summed E-state index contributed by atoms with van der Waals surface area (Å²) in [5, 5.41) is 4.36. The molecule has 8 heteroatoms. The molecule has 0 bridgehead atoms. The molecule has 2 aromatic heterocycles. The van der Waals surface area contributed by atoms with E-state index in [1.54, 1.807) is 13.2 Å². The molecule has 1 aliphatic heterocycles. The first-order chi connectivity index (χ1) is 14.7. The van der Waals surface area contributed by atoms with Gasteiger partial charge >= 0.3 is 0 Å². The Morgan fingerprint density at radius 1 is 1.17 bits per heavy atom. The number of hydrogen-bond donors (Lipinski definition) is 0. The van der Waals surface area contributed by atoms with Crippen LogP contribution in [0, 0.1) is 0 Å². The standard InChI is InChI=1S/C22H17N3O4S/c1-27-15-9-3-2-7-14(15)8-6-12-19-21(26)25-22(30-19)23-20(24-25)18-13-28-16-10-4-5-11-17(16)29-18/h2-12,18H,13H2,1H3/b8-6+,19-12-/t18-/m1/s1. The van der Waals surface area contributed by atoms with E-state index in [9.17, 15) is 4.79 Å². The Hall–Kier alpha value is -3.65. The summed E-state index contributed by atoms with van der Waals surface area (Å²) in [4.78, 5) is 17.7. The molecule has 7 nitrogen and oxygen atoms in total. The Morgan fingerprint density at radius 3 is 2.80 bits per heavy atom. The van der Waals surface area contributed by atoms with Gasteiger partial charge in [-0.25, -0.2) is 0 Å². The molecule has 5 rings (SSSR count). The third kappa shape index (κ3) is 3.31. The van der Waals surface area contributed by atoms with E-state index < -0.39 is 6.10 Å². The summed E-state index contributed by atoms with van der Waals surface area (Å²) in [7, 11) is 1.63. The second kappa shape index (κ2) is 7.64. The van der Waals surface area contributed by atoms with Gasteiger partial charge in [0.2, 0.25) is 4.96 Å². The summed E-state index contributed by atoms with van der Waals surface area (Å²) in [6.45, 7) is 0.295. The van der Waals surface area contributed by atoms with E-state index in [4.69, 9.17) is 14.2 Å². The predicted molar refractivity (Wildman–Crippen MR) is 114 cm³/mol. The van der Waals surface area contributed by atoms with E-state index in [-0.39, 0.29) is 5.56 Å². The number of fused-ring (bicyclic) bond motifs is 2. The summed E-state index contributed by atoms with van der Waals surface area (Å²) in [5.74, 6) is 2.54. The molecule has 0 saturated heterocycles. The fourth-order valence-electron chi connectivity index (χ4n) is 3.19. The average Bonchev–Trinajstić information content (AvgIpc) is 3.33. The van der Waals surface area contributed by atoms with Crippen molar-refractivity contribution >= 4 is 28.4 Å². The van der Waals surface area contributed by atoms with Crippen LogP contribution in [0.25, 0.3) is 17.1 Å². The molecule has 0 N–H and O–H groups in total. The van der Waals surface area contributed by atoms with E-state index in [0.29, 0.717) is 33.4 Å². The molecular formula is C22H17N3O4S. The first-order valence-electron chi connectivity index (χ1n) is 9.32. The van der Waals surface area contributed by atoms with Crippen molar-refractivity contribution in [3.05, 3.63) is 80.9 Å². The van der Waals surface area contributed by atoms with Gasteiger partial charge in [0, 0.05) is 5.56 Å². The zero-order valence-corrected chi connectivity index (χ0v) is 16.8. The molecule has 0 radical (unpaired) electrons. The minimum atomic E-state index is -0.454. The number of rotatable bonds is 4. The van der Waals surface area contributed by atoms with E-state index in [1.807, 2.05) is 60.7 Å². The van der Waals surface area contributed by atoms with Gasteiger partial charge in [0.05, 0.1) is 11.6 Å². The van der Waals surface area contributed by atoms with Crippen molar-refractivity contribution < 1.29 is 14.2 Å². The Labute approximate surface area is 175 Å². The molecule has 0 amide bonds. The number of hydrogen-bond acceptors (Lipinski definition) is 7. The normalized spacial score (nSPS) is 16.4. The maximum atomic E-state index is 12.7. The molecule has 150 valence electrons. The van der Waals surface area contributed by atoms with Crippen LogP contribution in [0.15, 0.2) is 59.4 Å². The Balaban J connectivity index is 1.41. The van der Waals surface area contributed by atoms with Crippen LogP contribution in [-0.2, 0) is 0 Å². The van der Waals surface area contributed by atoms with Crippen LogP contribution in [0.2, 0.25) is 0 Å². The fraction of sp³-hybridized carbons (Fsp3) is 0.136. The van der Waals surface area contributed by atoms with Crippen molar-refractivity contribution in [2.24, 2.45) is 0 Å². The summed E-state index contributed by atoms with van der Waals surface area (Å²) in [5.41, 5.74) is 0.718. The number of thiazole rings is 1. The SMILES string of the molecule is COc1ccccc1/C=C/C=c1\sc2nc([C@H]3COc4ccccc4O3)nn2c1=O. The largest absolute Gasteiger partial charge is 0.496 e. The molecule has 0 spiro atoms. The molecule has 0 saturated carbocycles. The van der Waals surface area contributed by atoms with E-state index in [2.05, 4.69) is 10.1 Å². The summed E-state index contributed by atoms with van der Waals surface area (Å²) in [6.07, 6.45) is 5.01. The van der Waals surface area contributed by atoms with Crippen LogP contribution in [-0.4, -0.2) is 28.3 Å². The third-order valence-corrected chi connectivity index (χ3v) is 5.63. The van der Waals surface area contributed by atoms with Crippen LogP contribution >= 0.6 is 11.3 Å². The van der Waals surface area contributed by atoms with Gasteiger partial charge in [0.15, 0.2) is 23.4 Å². The Kier molecular flexibility index (Phi) is 4.68. The quantitative estimate of drug-likeness (QED) is 0.506. The number of benzene rings is 2. The molecule has 30 heavy (non-hydrogen) atoms. The van der Waals surface area contributed by atoms with Gasteiger partial charge in [-0.3, -0.25) is 4.79 Å². The smallest absolute Gasteiger partial charge is 0.291 e. The van der Waals surface area contributed by atoms with Gasteiger partial charge in [-0.2, -0.15) is 9.50 Å². The fourth-order valence-corrected chi connectivity index (χ4v) is 4.06. The number of aromatic nitrogens is 3. The zero-order valence-electron chi connectivity index (χ0n) is 16.0. The highest BCUT2D eigenvalue weighted by atomic mass is 32.1. The molecule has 0 fully saturated rings. The molecule has 3 heterocycles. The van der Waals surface area contributed by atoms with Gasteiger partial charge in [-0.1, -0.05) is 53.8 Å². The summed E-state index contributed by atoms with van der Waals surface area (Å²) in [6, 6.07) is 15.1. The van der Waals surface area contributed by atoms with Crippen LogP contribution in [0.1, 0.15) is 17.5 Å². The second-order valence-corrected chi connectivity index (χ2v) is 7.58. The van der Waals surface area contributed by atoms with Crippen molar-refractivity contribution in [3.8, 4) is 17.2 Å². The first kappa shape index (κ1) is 18.4. The first-order valence-corrected chi connectivity index (χ1v) is 10.1. The topological polar surface area (TPSA) is 74.9 Å². The zero-order chi connectivity index (χ0) is 20.5. The predicted octanol–water partition coefficient (Wildman–Crippen LogP) is 2.88. The maximum absolute atomic E-state index is 12.7. The molecule has 1 atom stereocenters. The number of nitrogens with zero attached hydrogens (tertiary/aromatic N) is 3. The number of ether oxygens (including phenoxy) is 3. The number of allylic oxidation sites excluding steroid dienone is 1. The van der Waals surface area contributed by atoms with Crippen molar-refractivity contribution in [3.63, 3.8) is 0 Å². The van der Waals surface area contributed by atoms with Gasteiger partial charge in [0.25, 0.3) is 5.56 Å². The lowest BCUT2D eigenvalue weighted by molar-refractivity contribution is 0.0852. The van der Waals surface area contributed by atoms with Crippen LogP contribution < -0.4 is 24.3 Å². The second-order valence-electron chi connectivity index (χ2n) is 6.57. The van der Waals surface area contributed by atoms with E-state index >= 15 is 0 Å². The van der Waals surface area contributed by atoms with Gasteiger partial charge in [0.1, 0.15) is 12.4 Å². The Bertz CT molecular complexity index is 1360. The lowest BCUT2D eigenvalue weighted by Gasteiger charge is -2.24. The van der Waals surface area contributed by atoms with Gasteiger partial charge in [-0.15, -0.1) is 5.10 Å².